The van der Waals surface area contributed by atoms with Crippen molar-refractivity contribution >= 4 is 8.80 Å². The van der Waals surface area contributed by atoms with Gasteiger partial charge in [-0.3, -0.25) is 0 Å². The van der Waals surface area contributed by atoms with Crippen molar-refractivity contribution in [3.63, 3.8) is 0 Å². The summed E-state index contributed by atoms with van der Waals surface area (Å²) in [5.41, 5.74) is 0. The molecule has 0 aliphatic rings. The summed E-state index contributed by atoms with van der Waals surface area (Å²) in [6.07, 6.45) is 0. The molecule has 0 saturated heterocycles. The molecular formula is C7H18O5Si. The molecule has 0 fully saturated rings. The lowest BCUT2D eigenvalue weighted by Gasteiger charge is -2.33. The van der Waals surface area contributed by atoms with Crippen LogP contribution < -0.4 is 0 Å². The molecule has 0 saturated carbocycles. The van der Waals surface area contributed by atoms with Gasteiger partial charge in [-0.05, 0) is 0 Å². The standard InChI is InChI=1S/C7H18O5Si/c1-7(8-2,9-3)12-13(6,10-4)11-5/h1-6H3. The summed E-state index contributed by atoms with van der Waals surface area (Å²) in [5, 5.41) is 0. The Hall–Kier alpha value is 0.0169. The van der Waals surface area contributed by atoms with Gasteiger partial charge in [0.1, 0.15) is 0 Å². The third-order valence-corrected chi connectivity index (χ3v) is 4.08. The van der Waals surface area contributed by atoms with E-state index in [-0.39, 0.29) is 0 Å². The maximum absolute atomic E-state index is 5.47. The second kappa shape index (κ2) is 5.04. The molecule has 6 heteroatoms. The van der Waals surface area contributed by atoms with E-state index in [1.54, 1.807) is 13.5 Å². The maximum atomic E-state index is 5.47. The van der Waals surface area contributed by atoms with Gasteiger partial charge in [0.05, 0.1) is 0 Å². The van der Waals surface area contributed by atoms with Gasteiger partial charge in [0.2, 0.25) is 0 Å². The summed E-state index contributed by atoms with van der Waals surface area (Å²) >= 11 is 0. The first kappa shape index (κ1) is 13.0. The van der Waals surface area contributed by atoms with Crippen molar-refractivity contribution in [3.8, 4) is 0 Å². The van der Waals surface area contributed by atoms with Gasteiger partial charge in [0.25, 0.3) is 5.97 Å². The van der Waals surface area contributed by atoms with Crippen LogP contribution in [0.25, 0.3) is 0 Å². The Kier molecular flexibility index (Phi) is 5.04. The highest BCUT2D eigenvalue weighted by atomic mass is 28.4. The Balaban J connectivity index is 4.36. The normalized spacial score (nSPS) is 13.4. The molecule has 0 atom stereocenters. The molecule has 5 nitrogen and oxygen atoms in total. The van der Waals surface area contributed by atoms with Gasteiger partial charge in [-0.1, -0.05) is 0 Å². The SMILES string of the molecule is COC(C)(OC)O[Si](C)(OC)OC. The zero-order valence-electron chi connectivity index (χ0n) is 9.04. The van der Waals surface area contributed by atoms with Crippen molar-refractivity contribution in [1.29, 1.82) is 0 Å². The minimum Gasteiger partial charge on any atom is -0.377 e. The number of hydrogen-bond acceptors (Lipinski definition) is 5. The van der Waals surface area contributed by atoms with Crippen LogP contribution in [0.3, 0.4) is 0 Å². The predicted molar refractivity (Wildman–Crippen MR) is 49.1 cm³/mol. The summed E-state index contributed by atoms with van der Waals surface area (Å²) in [6, 6.07) is 0. The van der Waals surface area contributed by atoms with Crippen LogP contribution in [-0.4, -0.2) is 43.2 Å². The van der Waals surface area contributed by atoms with Crippen molar-refractivity contribution in [2.24, 2.45) is 0 Å². The van der Waals surface area contributed by atoms with E-state index in [1.807, 2.05) is 0 Å². The van der Waals surface area contributed by atoms with Crippen LogP contribution in [0.1, 0.15) is 6.92 Å². The molecule has 80 valence electrons. The molecule has 0 aliphatic heterocycles. The summed E-state index contributed by atoms with van der Waals surface area (Å²) in [5.74, 6) is -1.12. The molecule has 0 amide bonds. The van der Waals surface area contributed by atoms with Crippen LogP contribution in [0, 0.1) is 0 Å². The molecule has 0 bridgehead atoms. The van der Waals surface area contributed by atoms with Gasteiger partial charge < -0.3 is 22.8 Å². The van der Waals surface area contributed by atoms with Gasteiger partial charge in [-0.15, -0.1) is 0 Å². The Morgan fingerprint density at radius 1 is 0.923 bits per heavy atom. The van der Waals surface area contributed by atoms with Gasteiger partial charge in [-0.25, -0.2) is 0 Å². The Morgan fingerprint density at radius 3 is 1.54 bits per heavy atom. The van der Waals surface area contributed by atoms with Crippen molar-refractivity contribution in [2.75, 3.05) is 28.4 Å². The Bertz CT molecular complexity index is 128. The molecule has 0 aromatic carbocycles. The van der Waals surface area contributed by atoms with Crippen LogP contribution >= 0.6 is 0 Å². The Morgan fingerprint density at radius 2 is 1.31 bits per heavy atom. The third kappa shape index (κ3) is 3.71. The molecule has 0 N–H and O–H groups in total. The molecule has 0 rings (SSSR count). The van der Waals surface area contributed by atoms with Crippen LogP contribution in [0.15, 0.2) is 0 Å². The topological polar surface area (TPSA) is 46.2 Å². The predicted octanol–water partition coefficient (Wildman–Crippen LogP) is 0.831. The fourth-order valence-electron chi connectivity index (χ4n) is 0.670. The highest BCUT2D eigenvalue weighted by molar-refractivity contribution is 6.59. The third-order valence-electron chi connectivity index (χ3n) is 1.85. The zero-order valence-corrected chi connectivity index (χ0v) is 10.0. The van der Waals surface area contributed by atoms with Gasteiger partial charge in [-0.2, -0.15) is 0 Å². The van der Waals surface area contributed by atoms with Gasteiger partial charge in [0.15, 0.2) is 0 Å². The maximum Gasteiger partial charge on any atom is 0.501 e. The van der Waals surface area contributed by atoms with Gasteiger partial charge >= 0.3 is 8.80 Å². The monoisotopic (exact) mass is 210 g/mol. The number of rotatable bonds is 6. The van der Waals surface area contributed by atoms with E-state index in [4.69, 9.17) is 22.8 Å². The summed E-state index contributed by atoms with van der Waals surface area (Å²) in [4.78, 5) is 0. The Labute approximate surface area is 80.2 Å². The summed E-state index contributed by atoms with van der Waals surface area (Å²) < 4.78 is 25.7. The highest BCUT2D eigenvalue weighted by Crippen LogP contribution is 2.19. The van der Waals surface area contributed by atoms with E-state index in [0.717, 1.165) is 0 Å². The van der Waals surface area contributed by atoms with Gasteiger partial charge in [0, 0.05) is 41.9 Å². The van der Waals surface area contributed by atoms with Crippen LogP contribution in [0.5, 0.6) is 0 Å². The lowest BCUT2D eigenvalue weighted by Crippen LogP contribution is -2.50. The first-order chi connectivity index (χ1) is 5.95. The van der Waals surface area contributed by atoms with Crippen molar-refractivity contribution in [2.45, 2.75) is 19.4 Å². The molecule has 0 aliphatic carbocycles. The van der Waals surface area contributed by atoms with Crippen LogP contribution in [-0.2, 0) is 22.8 Å². The number of ether oxygens (including phenoxy) is 2. The summed E-state index contributed by atoms with van der Waals surface area (Å²) in [6.45, 7) is 3.40. The molecule has 0 aromatic rings. The second-order valence-electron chi connectivity index (χ2n) is 2.64. The minimum atomic E-state index is -2.62. The van der Waals surface area contributed by atoms with E-state index in [1.165, 1.54) is 28.4 Å². The van der Waals surface area contributed by atoms with Crippen LogP contribution in [0.2, 0.25) is 6.55 Å². The number of methoxy groups -OCH3 is 2. The quantitative estimate of drug-likeness (QED) is 0.480. The smallest absolute Gasteiger partial charge is 0.377 e. The van der Waals surface area contributed by atoms with E-state index in [2.05, 4.69) is 0 Å². The van der Waals surface area contributed by atoms with Crippen molar-refractivity contribution < 1.29 is 22.8 Å². The first-order valence-corrected chi connectivity index (χ1v) is 6.08. The zero-order chi connectivity index (χ0) is 10.5. The van der Waals surface area contributed by atoms with Crippen LogP contribution in [0.4, 0.5) is 0 Å². The average molecular weight is 210 g/mol. The molecule has 0 spiro atoms. The summed E-state index contributed by atoms with van der Waals surface area (Å²) in [7, 11) is 3.41. The second-order valence-corrected chi connectivity index (χ2v) is 5.39. The lowest BCUT2D eigenvalue weighted by atomic mass is 10.7. The fraction of sp³-hybridized carbons (Fsp3) is 1.00. The first-order valence-electron chi connectivity index (χ1n) is 3.86. The molecular weight excluding hydrogens is 192 g/mol. The number of hydrogen-bond donors (Lipinski definition) is 0. The van der Waals surface area contributed by atoms with E-state index in [0.29, 0.717) is 0 Å². The van der Waals surface area contributed by atoms with Crippen molar-refractivity contribution in [1.82, 2.24) is 0 Å². The lowest BCUT2D eigenvalue weighted by molar-refractivity contribution is -0.325. The fourth-order valence-corrected chi connectivity index (χ4v) is 1.84. The highest BCUT2D eigenvalue weighted by Gasteiger charge is 2.41. The molecule has 0 radical (unpaired) electrons. The molecule has 0 unspecified atom stereocenters. The molecule has 0 aromatic heterocycles. The average Bonchev–Trinajstić information content (AvgIpc) is 2.17. The van der Waals surface area contributed by atoms with E-state index >= 15 is 0 Å². The van der Waals surface area contributed by atoms with E-state index < -0.39 is 14.8 Å². The molecule has 0 heterocycles. The minimum absolute atomic E-state index is 1.12. The molecule has 13 heavy (non-hydrogen) atoms. The van der Waals surface area contributed by atoms with Crippen molar-refractivity contribution in [3.05, 3.63) is 0 Å². The van der Waals surface area contributed by atoms with E-state index in [9.17, 15) is 0 Å². The largest absolute Gasteiger partial charge is 0.501 e.